The Hall–Kier alpha value is -2.01. The van der Waals surface area contributed by atoms with E-state index in [9.17, 15) is 13.2 Å². The van der Waals surface area contributed by atoms with Gasteiger partial charge in [0.2, 0.25) is 0 Å². The van der Waals surface area contributed by atoms with Gasteiger partial charge in [-0.05, 0) is 35.4 Å². The molecule has 0 aliphatic heterocycles. The highest BCUT2D eigenvalue weighted by Crippen LogP contribution is 2.30. The van der Waals surface area contributed by atoms with Gasteiger partial charge in [-0.1, -0.05) is 24.3 Å². The van der Waals surface area contributed by atoms with Crippen LogP contribution in [0.25, 0.3) is 0 Å². The standard InChI is InChI=1S/C15H14F3NO/c16-15(17,18)13-5-7-14(8-6-13)20-10-12-3-1-11(9-19)2-4-12/h1-8H,9-10,19H2. The van der Waals surface area contributed by atoms with Crippen LogP contribution in [-0.2, 0) is 19.3 Å². The topological polar surface area (TPSA) is 35.2 Å². The van der Waals surface area contributed by atoms with Gasteiger partial charge < -0.3 is 10.5 Å². The van der Waals surface area contributed by atoms with E-state index < -0.39 is 11.7 Å². The first-order valence-electron chi connectivity index (χ1n) is 6.07. The van der Waals surface area contributed by atoms with Gasteiger partial charge in [0.05, 0.1) is 5.56 Å². The van der Waals surface area contributed by atoms with Crippen LogP contribution < -0.4 is 10.5 Å². The first-order chi connectivity index (χ1) is 9.49. The average Bonchev–Trinajstić information content (AvgIpc) is 2.45. The summed E-state index contributed by atoms with van der Waals surface area (Å²) < 4.78 is 42.6. The van der Waals surface area contributed by atoms with Gasteiger partial charge in [-0.25, -0.2) is 0 Å². The number of benzene rings is 2. The van der Waals surface area contributed by atoms with E-state index in [0.29, 0.717) is 18.9 Å². The van der Waals surface area contributed by atoms with E-state index in [1.807, 2.05) is 24.3 Å². The third-order valence-electron chi connectivity index (χ3n) is 2.85. The van der Waals surface area contributed by atoms with E-state index in [2.05, 4.69) is 0 Å². The van der Waals surface area contributed by atoms with Crippen molar-refractivity contribution in [2.75, 3.05) is 0 Å². The second-order valence-corrected chi connectivity index (χ2v) is 4.33. The molecule has 2 N–H and O–H groups in total. The highest BCUT2D eigenvalue weighted by Gasteiger charge is 2.29. The van der Waals surface area contributed by atoms with Gasteiger partial charge in [-0.2, -0.15) is 13.2 Å². The van der Waals surface area contributed by atoms with Crippen molar-refractivity contribution in [1.29, 1.82) is 0 Å². The average molecular weight is 281 g/mol. The molecule has 0 aromatic heterocycles. The minimum atomic E-state index is -4.32. The van der Waals surface area contributed by atoms with Crippen molar-refractivity contribution in [3.8, 4) is 5.75 Å². The Morgan fingerprint density at radius 2 is 1.40 bits per heavy atom. The lowest BCUT2D eigenvalue weighted by molar-refractivity contribution is -0.137. The summed E-state index contributed by atoms with van der Waals surface area (Å²) in [6, 6.07) is 12.2. The van der Waals surface area contributed by atoms with Gasteiger partial charge in [0, 0.05) is 6.54 Å². The van der Waals surface area contributed by atoms with Crippen LogP contribution in [-0.4, -0.2) is 0 Å². The van der Waals surface area contributed by atoms with E-state index in [4.69, 9.17) is 10.5 Å². The van der Waals surface area contributed by atoms with Crippen LogP contribution in [0.3, 0.4) is 0 Å². The minimum absolute atomic E-state index is 0.302. The highest BCUT2D eigenvalue weighted by molar-refractivity contribution is 5.29. The Bertz CT molecular complexity index is 547. The molecule has 106 valence electrons. The van der Waals surface area contributed by atoms with Crippen molar-refractivity contribution in [3.05, 3.63) is 65.2 Å². The smallest absolute Gasteiger partial charge is 0.416 e. The Morgan fingerprint density at radius 1 is 0.850 bits per heavy atom. The molecule has 0 radical (unpaired) electrons. The van der Waals surface area contributed by atoms with Crippen molar-refractivity contribution in [2.24, 2.45) is 5.73 Å². The quantitative estimate of drug-likeness (QED) is 0.926. The Morgan fingerprint density at radius 3 is 1.90 bits per heavy atom. The van der Waals surface area contributed by atoms with Crippen molar-refractivity contribution < 1.29 is 17.9 Å². The molecule has 0 spiro atoms. The van der Waals surface area contributed by atoms with E-state index >= 15 is 0 Å². The van der Waals surface area contributed by atoms with Gasteiger partial charge in [0.15, 0.2) is 0 Å². The molecular formula is C15H14F3NO. The fraction of sp³-hybridized carbons (Fsp3) is 0.200. The SMILES string of the molecule is NCc1ccc(COc2ccc(C(F)(F)F)cc2)cc1. The van der Waals surface area contributed by atoms with Gasteiger partial charge in [0.1, 0.15) is 12.4 Å². The summed E-state index contributed by atoms with van der Waals surface area (Å²) >= 11 is 0. The van der Waals surface area contributed by atoms with Crippen LogP contribution in [0.15, 0.2) is 48.5 Å². The first kappa shape index (κ1) is 14.4. The third kappa shape index (κ3) is 3.74. The summed E-state index contributed by atoms with van der Waals surface area (Å²) in [6.07, 6.45) is -4.32. The zero-order chi connectivity index (χ0) is 14.6. The molecule has 5 heteroatoms. The van der Waals surface area contributed by atoms with Crippen LogP contribution in [0, 0.1) is 0 Å². The molecule has 0 aliphatic rings. The summed E-state index contributed by atoms with van der Waals surface area (Å²) in [7, 11) is 0. The number of rotatable bonds is 4. The Labute approximate surface area is 115 Å². The maximum absolute atomic E-state index is 12.4. The van der Waals surface area contributed by atoms with Gasteiger partial charge in [-0.15, -0.1) is 0 Å². The molecule has 2 rings (SSSR count). The van der Waals surface area contributed by atoms with Gasteiger partial charge in [-0.3, -0.25) is 0 Å². The molecule has 20 heavy (non-hydrogen) atoms. The summed E-state index contributed by atoms with van der Waals surface area (Å²) in [5.41, 5.74) is 6.76. The lowest BCUT2D eigenvalue weighted by atomic mass is 10.1. The van der Waals surface area contributed by atoms with Crippen molar-refractivity contribution >= 4 is 0 Å². The molecule has 0 unspecified atom stereocenters. The lowest BCUT2D eigenvalue weighted by Crippen LogP contribution is -2.04. The predicted molar refractivity (Wildman–Crippen MR) is 70.1 cm³/mol. The monoisotopic (exact) mass is 281 g/mol. The van der Waals surface area contributed by atoms with E-state index in [0.717, 1.165) is 23.3 Å². The van der Waals surface area contributed by atoms with Crippen molar-refractivity contribution in [3.63, 3.8) is 0 Å². The van der Waals surface area contributed by atoms with Crippen LogP contribution in [0.1, 0.15) is 16.7 Å². The molecule has 2 aromatic carbocycles. The summed E-state index contributed by atoms with van der Waals surface area (Å²) in [4.78, 5) is 0. The molecule has 0 bridgehead atoms. The Balaban J connectivity index is 1.96. The Kier molecular flexibility index (Phi) is 4.29. The normalized spacial score (nSPS) is 11.4. The molecule has 0 fully saturated rings. The number of nitrogens with two attached hydrogens (primary N) is 1. The number of hydrogen-bond donors (Lipinski definition) is 1. The van der Waals surface area contributed by atoms with E-state index in [1.54, 1.807) is 0 Å². The number of hydrogen-bond acceptors (Lipinski definition) is 2. The highest BCUT2D eigenvalue weighted by atomic mass is 19.4. The molecule has 2 nitrogen and oxygen atoms in total. The second kappa shape index (κ2) is 5.96. The van der Waals surface area contributed by atoms with Gasteiger partial charge in [0.25, 0.3) is 0 Å². The molecule has 2 aromatic rings. The maximum Gasteiger partial charge on any atom is 0.416 e. The zero-order valence-electron chi connectivity index (χ0n) is 10.7. The fourth-order valence-electron chi connectivity index (χ4n) is 1.68. The lowest BCUT2D eigenvalue weighted by Gasteiger charge is -2.09. The second-order valence-electron chi connectivity index (χ2n) is 4.33. The fourth-order valence-corrected chi connectivity index (χ4v) is 1.68. The zero-order valence-corrected chi connectivity index (χ0v) is 10.7. The molecular weight excluding hydrogens is 267 g/mol. The predicted octanol–water partition coefficient (Wildman–Crippen LogP) is 3.74. The summed E-state index contributed by atoms with van der Waals surface area (Å²) in [5, 5.41) is 0. The molecule has 0 atom stereocenters. The molecule has 0 saturated heterocycles. The number of alkyl halides is 3. The number of ether oxygens (including phenoxy) is 1. The van der Waals surface area contributed by atoms with Crippen LogP contribution in [0.5, 0.6) is 5.75 Å². The van der Waals surface area contributed by atoms with Crippen molar-refractivity contribution in [2.45, 2.75) is 19.3 Å². The summed E-state index contributed by atoms with van der Waals surface area (Å²) in [5.74, 6) is 0.404. The van der Waals surface area contributed by atoms with Crippen LogP contribution >= 0.6 is 0 Å². The van der Waals surface area contributed by atoms with Crippen LogP contribution in [0.2, 0.25) is 0 Å². The molecule has 0 saturated carbocycles. The summed E-state index contributed by atoms with van der Waals surface area (Å²) in [6.45, 7) is 0.774. The van der Waals surface area contributed by atoms with Crippen molar-refractivity contribution in [1.82, 2.24) is 0 Å². The third-order valence-corrected chi connectivity index (χ3v) is 2.85. The minimum Gasteiger partial charge on any atom is -0.489 e. The largest absolute Gasteiger partial charge is 0.489 e. The molecule has 0 heterocycles. The molecule has 0 amide bonds. The van der Waals surface area contributed by atoms with Crippen LogP contribution in [0.4, 0.5) is 13.2 Å². The maximum atomic E-state index is 12.4. The molecule has 0 aliphatic carbocycles. The first-order valence-corrected chi connectivity index (χ1v) is 6.07. The van der Waals surface area contributed by atoms with E-state index in [-0.39, 0.29) is 0 Å². The van der Waals surface area contributed by atoms with E-state index in [1.165, 1.54) is 12.1 Å². The van der Waals surface area contributed by atoms with Gasteiger partial charge >= 0.3 is 6.18 Å². The number of halogens is 3.